The van der Waals surface area contributed by atoms with E-state index in [0.29, 0.717) is 4.90 Å². The topological polar surface area (TPSA) is 156 Å². The van der Waals surface area contributed by atoms with Crippen molar-refractivity contribution in [3.8, 4) is 0 Å². The second-order valence-electron chi connectivity index (χ2n) is 7.07. The Kier molecular flexibility index (Phi) is 5.23. The van der Waals surface area contributed by atoms with Gasteiger partial charge in [-0.05, 0) is 20.8 Å². The number of amides is 2. The third kappa shape index (κ3) is 4.21. The zero-order valence-electron chi connectivity index (χ0n) is 15.1. The minimum Gasteiger partial charge on any atom is -0.477 e. The molecule has 2 atom stereocenters. The number of esters is 1. The number of carbonyl (C=O) groups excluding carboxylic acids is 3. The molecule has 2 amide bonds. The van der Waals surface area contributed by atoms with Gasteiger partial charge in [0.2, 0.25) is 0 Å². The van der Waals surface area contributed by atoms with Gasteiger partial charge in [0.15, 0.2) is 15.2 Å². The Morgan fingerprint density at radius 2 is 1.89 bits per heavy atom. The summed E-state index contributed by atoms with van der Waals surface area (Å²) in [7, 11) is -4.04. The van der Waals surface area contributed by atoms with Gasteiger partial charge in [-0.2, -0.15) is 0 Å². The van der Waals surface area contributed by atoms with Crippen molar-refractivity contribution in [2.24, 2.45) is 0 Å². The molecule has 1 saturated heterocycles. The van der Waals surface area contributed by atoms with Crippen molar-refractivity contribution in [3.63, 3.8) is 0 Å². The number of rotatable bonds is 4. The number of carbonyl (C=O) groups is 4. The van der Waals surface area contributed by atoms with Gasteiger partial charge in [0, 0.05) is 12.5 Å². The Morgan fingerprint density at radius 3 is 2.37 bits per heavy atom. The van der Waals surface area contributed by atoms with E-state index in [4.69, 9.17) is 9.47 Å². The Bertz CT molecular complexity index is 838. The molecule has 0 aliphatic carbocycles. The van der Waals surface area contributed by atoms with Gasteiger partial charge < -0.3 is 19.9 Å². The number of alkyl carbamates (subject to hydrolysis) is 1. The molecule has 150 valence electrons. The number of nitrogens with zero attached hydrogens (tertiary/aromatic N) is 1. The summed E-state index contributed by atoms with van der Waals surface area (Å²) in [5, 5.41) is 10.0. The van der Waals surface area contributed by atoms with Gasteiger partial charge in [0.25, 0.3) is 5.91 Å². The van der Waals surface area contributed by atoms with E-state index in [1.165, 1.54) is 0 Å². The molecule has 0 spiro atoms. The first-order valence-corrected chi connectivity index (χ1v) is 9.59. The van der Waals surface area contributed by atoms with Crippen LogP contribution >= 0.6 is 0 Å². The van der Waals surface area contributed by atoms with Gasteiger partial charge in [0.05, 0.1) is 5.75 Å². The summed E-state index contributed by atoms with van der Waals surface area (Å²) < 4.78 is 34.8. The molecule has 2 heterocycles. The van der Waals surface area contributed by atoms with E-state index >= 15 is 0 Å². The highest BCUT2D eigenvalue weighted by Gasteiger charge is 2.60. The molecule has 0 saturated carbocycles. The van der Waals surface area contributed by atoms with Gasteiger partial charge in [0.1, 0.15) is 23.9 Å². The lowest BCUT2D eigenvalue weighted by molar-refractivity contribution is -0.149. The molecule has 0 aromatic carbocycles. The number of aliphatic carboxylic acids is 1. The molecular formula is C15H20N2O9S. The van der Waals surface area contributed by atoms with Crippen LogP contribution in [0, 0.1) is 0 Å². The Hall–Kier alpha value is -2.63. The molecule has 11 nitrogen and oxygen atoms in total. The molecule has 0 radical (unpaired) electrons. The Labute approximate surface area is 155 Å². The molecule has 0 unspecified atom stereocenters. The average Bonchev–Trinajstić information content (AvgIpc) is 2.47. The van der Waals surface area contributed by atoms with Crippen LogP contribution in [0.5, 0.6) is 0 Å². The van der Waals surface area contributed by atoms with Crippen molar-refractivity contribution in [3.05, 3.63) is 11.3 Å². The molecule has 2 rings (SSSR count). The van der Waals surface area contributed by atoms with Crippen molar-refractivity contribution < 1.29 is 42.2 Å². The zero-order valence-corrected chi connectivity index (χ0v) is 16.0. The number of carboxylic acid groups (broad SMARTS) is 1. The number of β-lactam (4-membered cyclic amide) rings is 1. The van der Waals surface area contributed by atoms with Gasteiger partial charge >= 0.3 is 18.0 Å². The third-order valence-corrected chi connectivity index (χ3v) is 5.66. The third-order valence-electron chi connectivity index (χ3n) is 3.69. The van der Waals surface area contributed by atoms with E-state index in [1.807, 2.05) is 0 Å². The normalized spacial score (nSPS) is 23.9. The first kappa shape index (κ1) is 20.7. The second-order valence-corrected chi connectivity index (χ2v) is 9.16. The van der Waals surface area contributed by atoms with E-state index in [-0.39, 0.29) is 5.57 Å². The van der Waals surface area contributed by atoms with Crippen LogP contribution in [0.4, 0.5) is 4.79 Å². The summed E-state index contributed by atoms with van der Waals surface area (Å²) >= 11 is 0. The monoisotopic (exact) mass is 404 g/mol. The molecule has 1 fully saturated rings. The number of carboxylic acids is 1. The standard InChI is InChI=1S/C15H20N2O9S/c1-7(18)25-5-8-6-27(23,24)12-9(16-14(22)26-15(2,3)4)11(19)17(12)10(8)13(20)21/h9,12H,5-6H2,1-4H3,(H,16,22)(H,20,21)/t9-,12-/m1/s1. The predicted octanol–water partition coefficient (Wildman–Crippen LogP) is -0.622. The van der Waals surface area contributed by atoms with Crippen LogP contribution in [-0.2, 0) is 33.7 Å². The largest absolute Gasteiger partial charge is 0.477 e. The van der Waals surface area contributed by atoms with Crippen LogP contribution in [0.3, 0.4) is 0 Å². The number of hydrogen-bond acceptors (Lipinski definition) is 8. The van der Waals surface area contributed by atoms with E-state index in [0.717, 1.165) is 6.92 Å². The van der Waals surface area contributed by atoms with Crippen molar-refractivity contribution in [1.29, 1.82) is 0 Å². The fourth-order valence-corrected chi connectivity index (χ4v) is 4.76. The number of fused-ring (bicyclic) bond motifs is 1. The highest BCUT2D eigenvalue weighted by molar-refractivity contribution is 7.92. The molecule has 2 aliphatic heterocycles. The number of sulfone groups is 1. The highest BCUT2D eigenvalue weighted by Crippen LogP contribution is 2.37. The van der Waals surface area contributed by atoms with Crippen molar-refractivity contribution >= 4 is 33.8 Å². The lowest BCUT2D eigenvalue weighted by atomic mass is 10.0. The maximum absolute atomic E-state index is 12.5. The van der Waals surface area contributed by atoms with E-state index in [1.54, 1.807) is 20.8 Å². The van der Waals surface area contributed by atoms with Crippen LogP contribution in [0.2, 0.25) is 0 Å². The first-order chi connectivity index (χ1) is 12.2. The van der Waals surface area contributed by atoms with E-state index in [9.17, 15) is 32.7 Å². The quantitative estimate of drug-likeness (QED) is 0.460. The van der Waals surface area contributed by atoms with Gasteiger partial charge in [-0.25, -0.2) is 18.0 Å². The molecule has 0 aromatic rings. The Balaban J connectivity index is 2.32. The number of hydrogen-bond donors (Lipinski definition) is 2. The summed E-state index contributed by atoms with van der Waals surface area (Å²) in [6, 6.07) is -1.46. The highest BCUT2D eigenvalue weighted by atomic mass is 32.2. The molecular weight excluding hydrogens is 384 g/mol. The Morgan fingerprint density at radius 1 is 1.30 bits per heavy atom. The summed E-state index contributed by atoms with van der Waals surface area (Å²) in [6.45, 7) is 5.27. The predicted molar refractivity (Wildman–Crippen MR) is 88.9 cm³/mol. The van der Waals surface area contributed by atoms with Crippen LogP contribution in [-0.4, -0.2) is 71.7 Å². The summed E-state index contributed by atoms with van der Waals surface area (Å²) in [5.74, 6) is -3.90. The van der Waals surface area contributed by atoms with Crippen molar-refractivity contribution in [2.45, 2.75) is 44.7 Å². The van der Waals surface area contributed by atoms with Gasteiger partial charge in [-0.3, -0.25) is 14.5 Å². The second kappa shape index (κ2) is 6.83. The molecule has 27 heavy (non-hydrogen) atoms. The minimum absolute atomic E-state index is 0.224. The van der Waals surface area contributed by atoms with E-state index < -0.39 is 68.8 Å². The van der Waals surface area contributed by atoms with E-state index in [2.05, 4.69) is 5.32 Å². The number of nitrogens with one attached hydrogen (secondary N) is 1. The van der Waals surface area contributed by atoms with Gasteiger partial charge in [-0.1, -0.05) is 0 Å². The average molecular weight is 404 g/mol. The van der Waals surface area contributed by atoms with Crippen LogP contribution in [0.15, 0.2) is 11.3 Å². The maximum Gasteiger partial charge on any atom is 0.408 e. The minimum atomic E-state index is -4.04. The summed E-state index contributed by atoms with van der Waals surface area (Å²) in [4.78, 5) is 47.3. The van der Waals surface area contributed by atoms with Gasteiger partial charge in [-0.15, -0.1) is 0 Å². The number of ether oxygens (including phenoxy) is 2. The first-order valence-electron chi connectivity index (χ1n) is 7.87. The maximum atomic E-state index is 12.5. The lowest BCUT2D eigenvalue weighted by Crippen LogP contribution is -2.75. The van der Waals surface area contributed by atoms with Crippen molar-refractivity contribution in [1.82, 2.24) is 10.2 Å². The van der Waals surface area contributed by atoms with Crippen LogP contribution in [0.1, 0.15) is 27.7 Å². The fourth-order valence-electron chi connectivity index (χ4n) is 2.76. The molecule has 2 aliphatic rings. The van der Waals surface area contributed by atoms with Crippen molar-refractivity contribution in [2.75, 3.05) is 12.4 Å². The zero-order chi connectivity index (χ0) is 20.7. The molecule has 0 bridgehead atoms. The smallest absolute Gasteiger partial charge is 0.408 e. The summed E-state index contributed by atoms with van der Waals surface area (Å²) in [6.07, 6.45) is -0.998. The summed E-state index contributed by atoms with van der Waals surface area (Å²) in [5.41, 5.74) is -1.66. The molecule has 12 heteroatoms. The van der Waals surface area contributed by atoms with Crippen LogP contribution < -0.4 is 5.32 Å². The molecule has 2 N–H and O–H groups in total. The lowest BCUT2D eigenvalue weighted by Gasteiger charge is -2.48. The fraction of sp³-hybridized carbons (Fsp3) is 0.600. The van der Waals surface area contributed by atoms with Crippen LogP contribution in [0.25, 0.3) is 0 Å². The SMILES string of the molecule is CC(=O)OCC1=C(C(=O)O)N2C(=O)[C@@H](NC(=O)OC(C)(C)C)[C@H]2S(=O)(=O)C1. The molecule has 0 aromatic heterocycles.